The number of aromatic nitrogens is 2. The van der Waals surface area contributed by atoms with E-state index in [1.54, 1.807) is 18.5 Å². The highest BCUT2D eigenvalue weighted by molar-refractivity contribution is 6.00. The molecule has 0 radical (unpaired) electrons. The fourth-order valence-electron chi connectivity index (χ4n) is 1.12. The van der Waals surface area contributed by atoms with Gasteiger partial charge in [0.05, 0.1) is 6.20 Å². The van der Waals surface area contributed by atoms with E-state index in [2.05, 4.69) is 16.5 Å². The summed E-state index contributed by atoms with van der Waals surface area (Å²) in [4.78, 5) is 19.0. The van der Waals surface area contributed by atoms with Gasteiger partial charge in [0.25, 0.3) is 5.89 Å². The summed E-state index contributed by atoms with van der Waals surface area (Å²) in [5.74, 6) is 0.238. The Morgan fingerprint density at radius 3 is 3.00 bits per heavy atom. The predicted molar refractivity (Wildman–Crippen MR) is 54.3 cm³/mol. The highest BCUT2D eigenvalue weighted by Gasteiger charge is 2.10. The summed E-state index contributed by atoms with van der Waals surface area (Å²) in [5.41, 5.74) is 0.785. The maximum absolute atomic E-state index is 11.2. The van der Waals surface area contributed by atoms with Gasteiger partial charge in [0.2, 0.25) is 5.78 Å². The first-order chi connectivity index (χ1) is 7.31. The number of hydrogen-bond donors (Lipinski definition) is 0. The number of carbonyl (C=O) groups excluding carboxylic acids is 1. The predicted octanol–water partition coefficient (Wildman–Crippen LogP) is 2.11. The van der Waals surface area contributed by atoms with Crippen molar-refractivity contribution in [2.45, 2.75) is 0 Å². The molecule has 0 fully saturated rings. The quantitative estimate of drug-likeness (QED) is 0.562. The summed E-state index contributed by atoms with van der Waals surface area (Å²) in [6.45, 7) is 3.36. The van der Waals surface area contributed by atoms with E-state index < -0.39 is 0 Å². The summed E-state index contributed by atoms with van der Waals surface area (Å²) >= 11 is 0. The minimum atomic E-state index is -0.329. The number of rotatable bonds is 3. The van der Waals surface area contributed by atoms with Gasteiger partial charge in [-0.3, -0.25) is 9.78 Å². The zero-order valence-electron chi connectivity index (χ0n) is 7.88. The van der Waals surface area contributed by atoms with E-state index >= 15 is 0 Å². The molecule has 0 unspecified atom stereocenters. The Balaban J connectivity index is 2.36. The van der Waals surface area contributed by atoms with Gasteiger partial charge in [-0.1, -0.05) is 6.58 Å². The molecule has 0 amide bonds. The van der Waals surface area contributed by atoms with Crippen LogP contribution in [0.25, 0.3) is 11.3 Å². The lowest BCUT2D eigenvalue weighted by atomic mass is 10.2. The smallest absolute Gasteiger partial charge is 0.268 e. The van der Waals surface area contributed by atoms with Crippen molar-refractivity contribution in [3.8, 4) is 11.3 Å². The van der Waals surface area contributed by atoms with Crippen molar-refractivity contribution >= 4 is 5.78 Å². The molecule has 0 spiro atoms. The first-order valence-electron chi connectivity index (χ1n) is 4.34. The van der Waals surface area contributed by atoms with E-state index in [1.165, 1.54) is 12.3 Å². The van der Waals surface area contributed by atoms with Crippen molar-refractivity contribution in [3.05, 3.63) is 49.3 Å². The molecule has 2 heterocycles. The zero-order chi connectivity index (χ0) is 10.7. The Morgan fingerprint density at radius 2 is 2.33 bits per heavy atom. The molecular formula is C11H8N2O2. The molecule has 0 saturated heterocycles. The van der Waals surface area contributed by atoms with Gasteiger partial charge >= 0.3 is 0 Å². The van der Waals surface area contributed by atoms with Gasteiger partial charge in [0.15, 0.2) is 5.76 Å². The normalized spacial score (nSPS) is 9.87. The topological polar surface area (TPSA) is 56.0 Å². The van der Waals surface area contributed by atoms with Crippen LogP contribution in [0.2, 0.25) is 0 Å². The first-order valence-corrected chi connectivity index (χ1v) is 4.34. The molecule has 2 rings (SSSR count). The largest absolute Gasteiger partial charge is 0.433 e. The highest BCUT2D eigenvalue weighted by Crippen LogP contribution is 2.18. The van der Waals surface area contributed by atoms with Gasteiger partial charge in [-0.25, -0.2) is 4.98 Å². The third-order valence-electron chi connectivity index (χ3n) is 1.85. The van der Waals surface area contributed by atoms with Crippen LogP contribution in [0.3, 0.4) is 0 Å². The van der Waals surface area contributed by atoms with Gasteiger partial charge in [-0.15, -0.1) is 0 Å². The molecule has 0 aliphatic rings. The fourth-order valence-corrected chi connectivity index (χ4v) is 1.12. The molecule has 74 valence electrons. The molecule has 0 aliphatic carbocycles. The van der Waals surface area contributed by atoms with Crippen LogP contribution in [0, 0.1) is 0 Å². The Kier molecular flexibility index (Phi) is 2.41. The molecule has 4 heteroatoms. The molecule has 0 saturated carbocycles. The maximum Gasteiger partial charge on any atom is 0.268 e. The summed E-state index contributed by atoms with van der Waals surface area (Å²) < 4.78 is 5.25. The lowest BCUT2D eigenvalue weighted by Gasteiger charge is -1.92. The van der Waals surface area contributed by atoms with Crippen molar-refractivity contribution in [2.75, 3.05) is 0 Å². The third kappa shape index (κ3) is 1.83. The van der Waals surface area contributed by atoms with Crippen LogP contribution in [0.1, 0.15) is 10.7 Å². The highest BCUT2D eigenvalue weighted by atomic mass is 16.4. The van der Waals surface area contributed by atoms with Crippen LogP contribution in [-0.2, 0) is 0 Å². The van der Waals surface area contributed by atoms with E-state index in [0.29, 0.717) is 5.76 Å². The van der Waals surface area contributed by atoms with Gasteiger partial charge in [-0.2, -0.15) is 0 Å². The lowest BCUT2D eigenvalue weighted by molar-refractivity contribution is 0.101. The molecule has 2 aromatic rings. The average molecular weight is 200 g/mol. The van der Waals surface area contributed by atoms with Crippen LogP contribution >= 0.6 is 0 Å². The van der Waals surface area contributed by atoms with Crippen molar-refractivity contribution in [1.29, 1.82) is 0 Å². The summed E-state index contributed by atoms with van der Waals surface area (Å²) in [6.07, 6.45) is 5.96. The number of carbonyl (C=O) groups is 1. The molecule has 0 N–H and O–H groups in total. The lowest BCUT2D eigenvalue weighted by Crippen LogP contribution is -1.91. The van der Waals surface area contributed by atoms with E-state index in [-0.39, 0.29) is 11.7 Å². The fraction of sp³-hybridized carbons (Fsp3) is 0. The Bertz CT molecular complexity index is 488. The SMILES string of the molecule is C=CC(=O)c1ncc(-c2cccnc2)o1. The molecule has 4 nitrogen and oxygen atoms in total. The van der Waals surface area contributed by atoms with Crippen molar-refractivity contribution in [2.24, 2.45) is 0 Å². The Labute approximate surface area is 86.3 Å². The summed E-state index contributed by atoms with van der Waals surface area (Å²) in [7, 11) is 0. The van der Waals surface area contributed by atoms with Crippen LogP contribution in [-0.4, -0.2) is 15.8 Å². The Morgan fingerprint density at radius 1 is 1.47 bits per heavy atom. The number of oxazole rings is 1. The zero-order valence-corrected chi connectivity index (χ0v) is 7.88. The van der Waals surface area contributed by atoms with Crippen LogP contribution < -0.4 is 0 Å². The average Bonchev–Trinajstić information content (AvgIpc) is 2.78. The standard InChI is InChI=1S/C11H8N2O2/c1-2-9(14)11-13-7-10(15-11)8-4-3-5-12-6-8/h2-7H,1H2. The second kappa shape index (κ2) is 3.88. The second-order valence-electron chi connectivity index (χ2n) is 2.84. The van der Waals surface area contributed by atoms with Crippen molar-refractivity contribution in [1.82, 2.24) is 9.97 Å². The third-order valence-corrected chi connectivity index (χ3v) is 1.85. The van der Waals surface area contributed by atoms with Crippen LogP contribution in [0.5, 0.6) is 0 Å². The molecule has 0 aliphatic heterocycles. The first kappa shape index (κ1) is 9.33. The number of nitrogens with zero attached hydrogens (tertiary/aromatic N) is 2. The Hall–Kier alpha value is -2.23. The van der Waals surface area contributed by atoms with E-state index in [1.807, 2.05) is 6.07 Å². The minimum absolute atomic E-state index is 0.0452. The number of ketones is 1. The molecule has 15 heavy (non-hydrogen) atoms. The molecule has 0 atom stereocenters. The van der Waals surface area contributed by atoms with Gasteiger partial charge < -0.3 is 4.42 Å². The monoisotopic (exact) mass is 200 g/mol. The van der Waals surface area contributed by atoms with E-state index in [9.17, 15) is 4.79 Å². The van der Waals surface area contributed by atoms with Gasteiger partial charge in [0.1, 0.15) is 0 Å². The van der Waals surface area contributed by atoms with Gasteiger partial charge in [0, 0.05) is 18.0 Å². The summed E-state index contributed by atoms with van der Waals surface area (Å²) in [5, 5.41) is 0. The summed E-state index contributed by atoms with van der Waals surface area (Å²) in [6, 6.07) is 3.61. The van der Waals surface area contributed by atoms with E-state index in [4.69, 9.17) is 4.42 Å². The van der Waals surface area contributed by atoms with Crippen molar-refractivity contribution < 1.29 is 9.21 Å². The van der Waals surface area contributed by atoms with Crippen molar-refractivity contribution in [3.63, 3.8) is 0 Å². The number of allylic oxidation sites excluding steroid dienone is 1. The maximum atomic E-state index is 11.2. The van der Waals surface area contributed by atoms with E-state index in [0.717, 1.165) is 5.56 Å². The second-order valence-corrected chi connectivity index (χ2v) is 2.84. The number of pyridine rings is 1. The molecule has 0 aromatic carbocycles. The number of hydrogen-bond acceptors (Lipinski definition) is 4. The molecule has 2 aromatic heterocycles. The van der Waals surface area contributed by atoms with Gasteiger partial charge in [-0.05, 0) is 18.2 Å². The minimum Gasteiger partial charge on any atom is -0.433 e. The van der Waals surface area contributed by atoms with Crippen LogP contribution in [0.15, 0.2) is 47.8 Å². The molecule has 0 bridgehead atoms. The molecular weight excluding hydrogens is 192 g/mol. The van der Waals surface area contributed by atoms with Crippen LogP contribution in [0.4, 0.5) is 0 Å².